The van der Waals surface area contributed by atoms with Gasteiger partial charge in [-0.2, -0.15) is 0 Å². The third kappa shape index (κ3) is 2.63. The maximum absolute atomic E-state index is 11.1. The van der Waals surface area contributed by atoms with Crippen molar-refractivity contribution in [1.82, 2.24) is 0 Å². The Hall–Kier alpha value is -0.900. The summed E-state index contributed by atoms with van der Waals surface area (Å²) in [5, 5.41) is 14.4. The summed E-state index contributed by atoms with van der Waals surface area (Å²) < 4.78 is 1.25. The summed E-state index contributed by atoms with van der Waals surface area (Å²) in [6.07, 6.45) is 5.34. The molecule has 3 heteroatoms. The lowest BCUT2D eigenvalue weighted by molar-refractivity contribution is -0.0151. The van der Waals surface area contributed by atoms with Gasteiger partial charge in [-0.05, 0) is 41.2 Å². The average molecular weight is 303 g/mol. The molecule has 0 aliphatic heterocycles. The SMILES string of the molecule is CCC1CCCC(CN)(C(O)c2csc3ccccc23)C1. The highest BCUT2D eigenvalue weighted by molar-refractivity contribution is 7.17. The van der Waals surface area contributed by atoms with Crippen LogP contribution in [-0.4, -0.2) is 11.7 Å². The van der Waals surface area contributed by atoms with Gasteiger partial charge >= 0.3 is 0 Å². The van der Waals surface area contributed by atoms with E-state index in [1.165, 1.54) is 29.3 Å². The Morgan fingerprint density at radius 2 is 2.24 bits per heavy atom. The largest absolute Gasteiger partial charge is 0.388 e. The van der Waals surface area contributed by atoms with Crippen molar-refractivity contribution in [3.8, 4) is 0 Å². The predicted molar refractivity (Wildman–Crippen MR) is 90.5 cm³/mol. The molecule has 0 radical (unpaired) electrons. The number of hydrogen-bond acceptors (Lipinski definition) is 3. The number of aliphatic hydroxyl groups excluding tert-OH is 1. The van der Waals surface area contributed by atoms with Crippen LogP contribution < -0.4 is 5.73 Å². The van der Waals surface area contributed by atoms with Gasteiger partial charge in [-0.15, -0.1) is 11.3 Å². The van der Waals surface area contributed by atoms with Crippen LogP contribution in [0.3, 0.4) is 0 Å². The lowest BCUT2D eigenvalue weighted by Gasteiger charge is -2.43. The van der Waals surface area contributed by atoms with Crippen LogP contribution in [0, 0.1) is 11.3 Å². The van der Waals surface area contributed by atoms with E-state index in [0.29, 0.717) is 12.5 Å². The molecule has 3 unspecified atom stereocenters. The van der Waals surface area contributed by atoms with Crippen molar-refractivity contribution in [1.29, 1.82) is 0 Å². The first-order valence-electron chi connectivity index (χ1n) is 8.04. The first-order valence-corrected chi connectivity index (χ1v) is 8.92. The van der Waals surface area contributed by atoms with Gasteiger partial charge in [-0.3, -0.25) is 0 Å². The van der Waals surface area contributed by atoms with Crippen molar-refractivity contribution >= 4 is 21.4 Å². The second-order valence-electron chi connectivity index (χ2n) is 6.53. The molecular weight excluding hydrogens is 278 g/mol. The normalized spacial score (nSPS) is 27.9. The number of rotatable bonds is 4. The number of benzene rings is 1. The first kappa shape index (κ1) is 15.0. The zero-order chi connectivity index (χ0) is 14.9. The van der Waals surface area contributed by atoms with Crippen LogP contribution in [0.5, 0.6) is 0 Å². The third-order valence-electron chi connectivity index (χ3n) is 5.35. The minimum absolute atomic E-state index is 0.136. The highest BCUT2D eigenvalue weighted by atomic mass is 32.1. The Balaban J connectivity index is 1.96. The molecule has 0 bridgehead atoms. The fraction of sp³-hybridized carbons (Fsp3) is 0.556. The molecule has 1 heterocycles. The number of aliphatic hydroxyl groups is 1. The Morgan fingerprint density at radius 1 is 1.43 bits per heavy atom. The molecule has 0 saturated heterocycles. The highest BCUT2D eigenvalue weighted by Crippen LogP contribution is 2.49. The maximum Gasteiger partial charge on any atom is 0.0872 e. The topological polar surface area (TPSA) is 46.2 Å². The minimum atomic E-state index is -0.437. The Kier molecular flexibility index (Phi) is 4.34. The van der Waals surface area contributed by atoms with Gasteiger partial charge in [0.2, 0.25) is 0 Å². The Bertz CT molecular complexity index is 608. The molecule has 1 aliphatic rings. The molecular formula is C18H25NOS. The van der Waals surface area contributed by atoms with Crippen LogP contribution in [0.25, 0.3) is 10.1 Å². The van der Waals surface area contributed by atoms with Gasteiger partial charge in [0.1, 0.15) is 0 Å². The van der Waals surface area contributed by atoms with Crippen LogP contribution in [0.2, 0.25) is 0 Å². The van der Waals surface area contributed by atoms with Gasteiger partial charge in [0.15, 0.2) is 0 Å². The van der Waals surface area contributed by atoms with E-state index in [2.05, 4.69) is 36.6 Å². The maximum atomic E-state index is 11.1. The number of fused-ring (bicyclic) bond motifs is 1. The van der Waals surface area contributed by atoms with Gasteiger partial charge in [-0.1, -0.05) is 44.4 Å². The van der Waals surface area contributed by atoms with E-state index in [9.17, 15) is 5.11 Å². The minimum Gasteiger partial charge on any atom is -0.388 e. The lowest BCUT2D eigenvalue weighted by Crippen LogP contribution is -2.41. The van der Waals surface area contributed by atoms with Crippen LogP contribution in [-0.2, 0) is 0 Å². The van der Waals surface area contributed by atoms with E-state index in [1.807, 2.05) is 0 Å². The van der Waals surface area contributed by atoms with Crippen molar-refractivity contribution in [2.45, 2.75) is 45.1 Å². The van der Waals surface area contributed by atoms with E-state index < -0.39 is 6.10 Å². The molecule has 114 valence electrons. The van der Waals surface area contributed by atoms with Crippen LogP contribution >= 0.6 is 11.3 Å². The second-order valence-corrected chi connectivity index (χ2v) is 7.44. The Labute approximate surface area is 131 Å². The van der Waals surface area contributed by atoms with Crippen LogP contribution in [0.15, 0.2) is 29.6 Å². The van der Waals surface area contributed by atoms with Crippen molar-refractivity contribution in [3.63, 3.8) is 0 Å². The standard InChI is InChI=1S/C18H25NOS/c1-2-13-6-5-9-18(10-13,12-19)17(20)15-11-21-16-8-4-3-7-14(15)16/h3-4,7-8,11,13,17,20H,2,5-6,9-10,12,19H2,1H3. The summed E-state index contributed by atoms with van der Waals surface area (Å²) in [5.41, 5.74) is 7.09. The molecule has 3 rings (SSSR count). The third-order valence-corrected chi connectivity index (χ3v) is 6.33. The van der Waals surface area contributed by atoms with E-state index in [1.54, 1.807) is 11.3 Å². The number of nitrogens with two attached hydrogens (primary N) is 1. The average Bonchev–Trinajstić information content (AvgIpc) is 2.98. The zero-order valence-electron chi connectivity index (χ0n) is 12.7. The molecule has 1 fully saturated rings. The molecule has 0 spiro atoms. The van der Waals surface area contributed by atoms with Gasteiger partial charge < -0.3 is 10.8 Å². The van der Waals surface area contributed by atoms with E-state index >= 15 is 0 Å². The molecule has 0 amide bonds. The van der Waals surface area contributed by atoms with Crippen LogP contribution in [0.4, 0.5) is 0 Å². The molecule has 1 saturated carbocycles. The molecule has 2 nitrogen and oxygen atoms in total. The first-order chi connectivity index (χ1) is 10.2. The summed E-state index contributed by atoms with van der Waals surface area (Å²) in [6.45, 7) is 2.83. The van der Waals surface area contributed by atoms with Crippen molar-refractivity contribution in [2.75, 3.05) is 6.54 Å². The molecule has 3 atom stereocenters. The quantitative estimate of drug-likeness (QED) is 0.874. The fourth-order valence-electron chi connectivity index (χ4n) is 3.96. The van der Waals surface area contributed by atoms with E-state index in [-0.39, 0.29) is 5.41 Å². The fourth-order valence-corrected chi connectivity index (χ4v) is 4.94. The monoisotopic (exact) mass is 303 g/mol. The van der Waals surface area contributed by atoms with Crippen LogP contribution in [0.1, 0.15) is 50.7 Å². The van der Waals surface area contributed by atoms with Gasteiger partial charge in [-0.25, -0.2) is 0 Å². The highest BCUT2D eigenvalue weighted by Gasteiger charge is 2.42. The summed E-state index contributed by atoms with van der Waals surface area (Å²) in [5.74, 6) is 0.710. The smallest absolute Gasteiger partial charge is 0.0872 e. The van der Waals surface area contributed by atoms with E-state index in [0.717, 1.165) is 18.4 Å². The second kappa shape index (κ2) is 6.07. The molecule has 1 aromatic carbocycles. The van der Waals surface area contributed by atoms with Crippen molar-refractivity contribution < 1.29 is 5.11 Å². The number of hydrogen-bond donors (Lipinski definition) is 2. The van der Waals surface area contributed by atoms with Gasteiger partial charge in [0.25, 0.3) is 0 Å². The van der Waals surface area contributed by atoms with Gasteiger partial charge in [0.05, 0.1) is 6.10 Å². The number of thiophene rings is 1. The lowest BCUT2D eigenvalue weighted by atomic mass is 9.64. The summed E-state index contributed by atoms with van der Waals surface area (Å²) in [7, 11) is 0. The molecule has 1 aliphatic carbocycles. The molecule has 21 heavy (non-hydrogen) atoms. The predicted octanol–water partition coefficient (Wildman–Crippen LogP) is 4.48. The van der Waals surface area contributed by atoms with Gasteiger partial charge in [0, 0.05) is 16.7 Å². The molecule has 2 aromatic rings. The summed E-state index contributed by atoms with van der Waals surface area (Å²) in [6, 6.07) is 8.35. The summed E-state index contributed by atoms with van der Waals surface area (Å²) in [4.78, 5) is 0. The summed E-state index contributed by atoms with van der Waals surface area (Å²) >= 11 is 1.72. The molecule has 1 aromatic heterocycles. The van der Waals surface area contributed by atoms with E-state index in [4.69, 9.17) is 5.73 Å². The molecule has 3 N–H and O–H groups in total. The van der Waals surface area contributed by atoms with Crippen molar-refractivity contribution in [3.05, 3.63) is 35.2 Å². The van der Waals surface area contributed by atoms with Crippen molar-refractivity contribution in [2.24, 2.45) is 17.1 Å². The zero-order valence-corrected chi connectivity index (χ0v) is 13.5. The Morgan fingerprint density at radius 3 is 3.00 bits per heavy atom.